The van der Waals surface area contributed by atoms with Crippen molar-refractivity contribution >= 4 is 95.0 Å². The van der Waals surface area contributed by atoms with Gasteiger partial charge in [0.05, 0.1) is 0 Å². The first-order chi connectivity index (χ1) is 42.9. The van der Waals surface area contributed by atoms with Crippen LogP contribution in [0.2, 0.25) is 0 Å². The monoisotopic (exact) mass is 1340 g/mol. The van der Waals surface area contributed by atoms with Crippen LogP contribution >= 0.6 is 0 Å². The number of aliphatic carboxylic acids is 10. The average Bonchev–Trinajstić information content (AvgIpc) is 1.89. The summed E-state index contributed by atoms with van der Waals surface area (Å²) in [6.45, 7) is 16.0. The molecule has 0 spiro atoms. The number of amides is 3. The van der Waals surface area contributed by atoms with Gasteiger partial charge < -0.3 is 104 Å². The number of rotatable bonds is 33. The lowest BCUT2D eigenvalue weighted by molar-refractivity contribution is -0.163. The lowest BCUT2D eigenvalue weighted by atomic mass is 10.0. The van der Waals surface area contributed by atoms with Gasteiger partial charge in [-0.1, -0.05) is 41.5 Å². The van der Waals surface area contributed by atoms with Crippen molar-refractivity contribution < 1.29 is 133 Å². The molecule has 0 aliphatic carbocycles. The van der Waals surface area contributed by atoms with E-state index in [1.165, 1.54) is 11.8 Å². The molecule has 36 nitrogen and oxygen atoms in total. The van der Waals surface area contributed by atoms with E-state index in [9.17, 15) is 76.7 Å². The van der Waals surface area contributed by atoms with E-state index < -0.39 is 119 Å². The maximum atomic E-state index is 11.4. The molecule has 3 amide bonds. The van der Waals surface area contributed by atoms with Gasteiger partial charge in [0.1, 0.15) is 48.3 Å². The van der Waals surface area contributed by atoms with E-state index in [-0.39, 0.29) is 87.3 Å². The SMILES string of the molecule is CC(C)C[C@H](NCCCC(=O)C(=O)O)C(=O)O.CN[C@@H](C)C(=O)O.CN[C@@H](CC(C)C)C(=O)O.CN[C@@H](CC(C)C)C(=O)O.C[C@H](OC(=O)C(N)CCC(N)=O)C(=O)O.O=C(O)C(=O)CCCN1C(=O)CC[C@H]1C(=O)O.O=C(O)[C@@H]1CCCN1.O=C1CC[C@@H](C(=O)O)N1. The third-order valence-electron chi connectivity index (χ3n) is 12.7. The fourth-order valence-corrected chi connectivity index (χ4v) is 7.34. The molecule has 20 N–H and O–H groups in total. The number of carboxylic acid groups (broad SMARTS) is 10. The van der Waals surface area contributed by atoms with Crippen LogP contribution in [0, 0.1) is 17.8 Å². The molecule has 3 aliphatic heterocycles. The molecule has 3 fully saturated rings. The molecular weight excluding hydrogens is 1240 g/mol. The molecule has 3 rings (SSSR count). The van der Waals surface area contributed by atoms with Crippen LogP contribution < -0.4 is 43.4 Å². The summed E-state index contributed by atoms with van der Waals surface area (Å²) in [5.74, 6) is -12.8. The minimum Gasteiger partial charge on any atom is -0.480 e. The largest absolute Gasteiger partial charge is 0.480 e. The van der Waals surface area contributed by atoms with E-state index in [1.807, 2.05) is 41.5 Å². The Kier molecular flexibility index (Phi) is 53.4. The zero-order valence-electron chi connectivity index (χ0n) is 54.7. The Morgan fingerprint density at radius 3 is 1.29 bits per heavy atom. The number of carbonyl (C=O) groups is 16. The highest BCUT2D eigenvalue weighted by atomic mass is 16.6. The molecule has 536 valence electrons. The summed E-state index contributed by atoms with van der Waals surface area (Å²) in [7, 11) is 4.95. The minimum absolute atomic E-state index is 0.0422. The van der Waals surface area contributed by atoms with Gasteiger partial charge in [0.2, 0.25) is 29.3 Å². The lowest BCUT2D eigenvalue weighted by Crippen LogP contribution is -2.39. The Bertz CT molecular complexity index is 2360. The van der Waals surface area contributed by atoms with Gasteiger partial charge in [-0.25, -0.2) is 24.0 Å². The number of carbonyl (C=O) groups excluding carboxylic acids is 6. The predicted molar refractivity (Wildman–Crippen MR) is 328 cm³/mol. The zero-order valence-corrected chi connectivity index (χ0v) is 54.7. The summed E-state index contributed by atoms with van der Waals surface area (Å²) in [6.07, 6.45) is 3.85. The highest BCUT2D eigenvalue weighted by Gasteiger charge is 2.36. The summed E-state index contributed by atoms with van der Waals surface area (Å²) >= 11 is 0. The predicted octanol–water partition coefficient (Wildman–Crippen LogP) is -1.14. The van der Waals surface area contributed by atoms with Crippen LogP contribution in [-0.2, 0) is 81.4 Å². The normalized spacial score (nSPS) is 16.9. The van der Waals surface area contributed by atoms with E-state index >= 15 is 0 Å². The first-order valence-electron chi connectivity index (χ1n) is 29.6. The van der Waals surface area contributed by atoms with E-state index in [1.54, 1.807) is 28.1 Å². The molecule has 0 radical (unpaired) electrons. The lowest BCUT2D eigenvalue weighted by Gasteiger charge is -2.20. The van der Waals surface area contributed by atoms with Crippen molar-refractivity contribution in [3.63, 3.8) is 0 Å². The summed E-state index contributed by atoms with van der Waals surface area (Å²) < 4.78 is 4.49. The summed E-state index contributed by atoms with van der Waals surface area (Å²) in [5.41, 5.74) is 10.2. The number of primary amides is 1. The molecule has 1 unspecified atom stereocenters. The van der Waals surface area contributed by atoms with Gasteiger partial charge in [0, 0.05) is 38.6 Å². The van der Waals surface area contributed by atoms with Gasteiger partial charge in [-0.05, 0) is 130 Å². The van der Waals surface area contributed by atoms with E-state index in [4.69, 9.17) is 62.5 Å². The van der Waals surface area contributed by atoms with Crippen molar-refractivity contribution in [1.29, 1.82) is 0 Å². The van der Waals surface area contributed by atoms with Crippen LogP contribution in [0.15, 0.2) is 0 Å². The number of hydrogen-bond acceptors (Lipinski definition) is 23. The number of nitrogens with zero attached hydrogens (tertiary/aromatic N) is 1. The van der Waals surface area contributed by atoms with Crippen molar-refractivity contribution in [3.8, 4) is 0 Å². The number of carboxylic acids is 10. The Morgan fingerprint density at radius 1 is 0.559 bits per heavy atom. The molecule has 3 heterocycles. The van der Waals surface area contributed by atoms with Crippen LogP contribution in [0.1, 0.15) is 152 Å². The van der Waals surface area contributed by atoms with Crippen LogP contribution in [0.25, 0.3) is 0 Å². The van der Waals surface area contributed by atoms with Gasteiger partial charge >= 0.3 is 65.7 Å². The van der Waals surface area contributed by atoms with Crippen molar-refractivity contribution in [2.24, 2.45) is 29.2 Å². The molecule has 0 saturated carbocycles. The second-order valence-corrected chi connectivity index (χ2v) is 22.1. The molecule has 0 bridgehead atoms. The van der Waals surface area contributed by atoms with Crippen molar-refractivity contribution in [3.05, 3.63) is 0 Å². The average molecular weight is 1340 g/mol. The maximum Gasteiger partial charge on any atom is 0.372 e. The second-order valence-electron chi connectivity index (χ2n) is 22.1. The van der Waals surface area contributed by atoms with Crippen LogP contribution in [0.5, 0.6) is 0 Å². The molecule has 0 aromatic heterocycles. The maximum absolute atomic E-state index is 11.4. The Hall–Kier alpha value is -8.32. The number of hydrogen-bond donors (Lipinski definition) is 18. The highest BCUT2D eigenvalue weighted by molar-refractivity contribution is 6.33. The molecule has 3 saturated heterocycles. The third-order valence-corrected chi connectivity index (χ3v) is 12.7. The topological polar surface area (TPSA) is 612 Å². The number of ether oxygens (including phenoxy) is 1. The van der Waals surface area contributed by atoms with Gasteiger partial charge in [-0.3, -0.25) is 52.7 Å². The van der Waals surface area contributed by atoms with Crippen LogP contribution in [0.3, 0.4) is 0 Å². The molecule has 0 aromatic carbocycles. The fourth-order valence-electron chi connectivity index (χ4n) is 7.34. The molecular formula is C57H101N9O27. The molecule has 3 aliphatic rings. The number of ketones is 2. The molecule has 9 atom stereocenters. The Labute approximate surface area is 539 Å². The fraction of sp³-hybridized carbons (Fsp3) is 0.719. The van der Waals surface area contributed by atoms with E-state index in [0.717, 1.165) is 19.4 Å². The van der Waals surface area contributed by atoms with Crippen LogP contribution in [-0.4, -0.2) is 246 Å². The highest BCUT2D eigenvalue weighted by Crippen LogP contribution is 2.19. The third kappa shape index (κ3) is 50.9. The standard InChI is InChI=1S/C11H19NO5.C10H13NO6.C8H14N2O5.2C7H15NO2.C5H7NO3.C5H9NO2.C4H9NO2/c1-7(2)6-8(10(14)15)12-5-3-4-9(13)11(16)17;12-7(10(16)17)2-1-5-11-6(9(14)15)3-4-8(11)13;1-4(7(12)13)15-8(14)5(9)2-3-6(10)11;2*1-5(2)4-6(8-3)7(9)10;7-4-2-1-3(6-4)5(8)9;7-5(8)4-2-1-3-6-4;1-3(5-2)4(6)7/h7-8,12H,3-6H2,1-2H3,(H,14,15)(H,16,17);6H,1-5H2,(H,14,15)(H,16,17);4-5H,2-3,9H2,1H3,(H2,10,11)(H,12,13);2*5-6,8H,4H2,1-3H3,(H,9,10);3H,1-2H2,(H,6,7)(H,8,9);4,6H,1-3H2,(H,7,8);3,5H,1-2H3,(H,6,7)/t8-;6-;4-,5?;2*6-;3-;4-;3-/m00000000/s1. The number of nitrogens with two attached hydrogens (primary N) is 2. The minimum atomic E-state index is -1.51. The number of esters is 1. The number of likely N-dealkylation sites (tertiary alicyclic amines) is 1. The van der Waals surface area contributed by atoms with E-state index in [0.29, 0.717) is 56.9 Å². The van der Waals surface area contributed by atoms with Crippen molar-refractivity contribution in [2.75, 3.05) is 40.8 Å². The van der Waals surface area contributed by atoms with Crippen molar-refractivity contribution in [1.82, 2.24) is 36.8 Å². The molecule has 36 heteroatoms. The Balaban J connectivity index is -0.000000323. The summed E-state index contributed by atoms with van der Waals surface area (Å²) in [5, 5.41) is 101. The summed E-state index contributed by atoms with van der Waals surface area (Å²) in [6, 6.07) is -4.64. The number of Topliss-reactive ketones (excluding diaryl/α,β-unsaturated/α-hetero) is 2. The Morgan fingerprint density at radius 2 is 1.01 bits per heavy atom. The quantitative estimate of drug-likeness (QED) is 0.0210. The van der Waals surface area contributed by atoms with Gasteiger partial charge in [0.25, 0.3) is 0 Å². The van der Waals surface area contributed by atoms with Gasteiger partial charge in [-0.15, -0.1) is 0 Å². The molecule has 0 aromatic rings. The number of likely N-dealkylation sites (N-methyl/N-ethyl adjacent to an activating group) is 3. The van der Waals surface area contributed by atoms with Crippen LogP contribution in [0.4, 0.5) is 0 Å². The first kappa shape index (κ1) is 93.4. The first-order valence-corrected chi connectivity index (χ1v) is 29.6. The zero-order chi connectivity index (χ0) is 73.4. The van der Waals surface area contributed by atoms with Crippen molar-refractivity contribution in [2.45, 2.75) is 206 Å². The van der Waals surface area contributed by atoms with Gasteiger partial charge in [-0.2, -0.15) is 0 Å². The van der Waals surface area contributed by atoms with Gasteiger partial charge in [0.15, 0.2) is 6.10 Å². The van der Waals surface area contributed by atoms with E-state index in [2.05, 4.69) is 36.6 Å². The number of nitrogens with one attached hydrogen (secondary N) is 6. The second kappa shape index (κ2) is 53.2. The molecule has 93 heavy (non-hydrogen) atoms. The smallest absolute Gasteiger partial charge is 0.372 e. The summed E-state index contributed by atoms with van der Waals surface area (Å²) in [4.78, 5) is 169.